The second-order valence-electron chi connectivity index (χ2n) is 7.10. The third-order valence-corrected chi connectivity index (χ3v) is 6.30. The van der Waals surface area contributed by atoms with Gasteiger partial charge in [0.15, 0.2) is 5.58 Å². The van der Waals surface area contributed by atoms with Crippen LogP contribution >= 0.6 is 0 Å². The van der Waals surface area contributed by atoms with Gasteiger partial charge in [0.1, 0.15) is 5.69 Å². The van der Waals surface area contributed by atoms with E-state index >= 15 is 0 Å². The van der Waals surface area contributed by atoms with E-state index in [1.165, 1.54) is 48.4 Å². The van der Waals surface area contributed by atoms with Crippen LogP contribution in [0.25, 0.3) is 22.6 Å². The molecule has 0 bridgehead atoms. The molecule has 2 aromatic carbocycles. The molecular weight excluding hydrogens is 448 g/mol. The molecule has 0 spiro atoms. The van der Waals surface area contributed by atoms with Gasteiger partial charge in [-0.1, -0.05) is 23.4 Å². The van der Waals surface area contributed by atoms with Crippen LogP contribution in [0.4, 0.5) is 5.69 Å². The lowest BCUT2D eigenvalue weighted by molar-refractivity contribution is 0.385. The average Bonchev–Trinajstić information content (AvgIpc) is 3.40. The molecule has 5 aromatic rings. The predicted molar refractivity (Wildman–Crippen MR) is 117 cm³/mol. The molecular formula is C21H16N6O5S. The van der Waals surface area contributed by atoms with Crippen LogP contribution in [0.3, 0.4) is 0 Å². The van der Waals surface area contributed by atoms with Crippen LogP contribution in [0.2, 0.25) is 0 Å². The van der Waals surface area contributed by atoms with E-state index < -0.39 is 15.8 Å². The van der Waals surface area contributed by atoms with E-state index in [-0.39, 0.29) is 23.0 Å². The number of aryl methyl sites for hydroxylation is 1. The van der Waals surface area contributed by atoms with Crippen molar-refractivity contribution < 1.29 is 17.4 Å². The number of nitrogens with zero attached hydrogens (tertiary/aromatic N) is 5. The minimum atomic E-state index is -3.96. The van der Waals surface area contributed by atoms with Crippen molar-refractivity contribution in [3.8, 4) is 11.5 Å². The van der Waals surface area contributed by atoms with Gasteiger partial charge >= 0.3 is 5.76 Å². The number of hydrogen-bond donors (Lipinski definition) is 1. The van der Waals surface area contributed by atoms with Crippen LogP contribution in [-0.2, 0) is 23.5 Å². The number of anilines is 1. The fourth-order valence-electron chi connectivity index (χ4n) is 3.26. The zero-order valence-electron chi connectivity index (χ0n) is 17.2. The second-order valence-corrected chi connectivity index (χ2v) is 8.78. The van der Waals surface area contributed by atoms with Crippen LogP contribution in [-0.4, -0.2) is 33.1 Å². The first-order valence-electron chi connectivity index (χ1n) is 9.70. The molecule has 11 nitrogen and oxygen atoms in total. The maximum Gasteiger partial charge on any atom is 0.419 e. The Balaban J connectivity index is 1.43. The smallest absolute Gasteiger partial charge is 0.408 e. The van der Waals surface area contributed by atoms with Gasteiger partial charge < -0.3 is 8.94 Å². The molecule has 5 rings (SSSR count). The Morgan fingerprint density at radius 2 is 1.97 bits per heavy atom. The van der Waals surface area contributed by atoms with Crippen molar-refractivity contribution in [2.75, 3.05) is 4.72 Å². The highest BCUT2D eigenvalue weighted by molar-refractivity contribution is 7.92. The minimum absolute atomic E-state index is 0.0102. The Kier molecular flexibility index (Phi) is 4.98. The molecule has 0 unspecified atom stereocenters. The van der Waals surface area contributed by atoms with Crippen LogP contribution in [0.15, 0.2) is 79.7 Å². The van der Waals surface area contributed by atoms with Gasteiger partial charge in [0.2, 0.25) is 11.7 Å². The van der Waals surface area contributed by atoms with Crippen molar-refractivity contribution >= 4 is 26.8 Å². The van der Waals surface area contributed by atoms with E-state index in [1.54, 1.807) is 24.3 Å². The Bertz CT molecular complexity index is 1620. The van der Waals surface area contributed by atoms with Crippen LogP contribution in [0.5, 0.6) is 0 Å². The third kappa shape index (κ3) is 3.99. The van der Waals surface area contributed by atoms with E-state index in [0.29, 0.717) is 28.0 Å². The number of benzene rings is 2. The fourth-order valence-corrected chi connectivity index (χ4v) is 4.38. The van der Waals surface area contributed by atoms with E-state index in [0.717, 1.165) is 0 Å². The summed E-state index contributed by atoms with van der Waals surface area (Å²) >= 11 is 0. The number of aromatic nitrogens is 5. The molecule has 0 saturated carbocycles. The molecule has 33 heavy (non-hydrogen) atoms. The summed E-state index contributed by atoms with van der Waals surface area (Å²) in [6.07, 6.45) is 4.77. The van der Waals surface area contributed by atoms with Crippen molar-refractivity contribution in [3.05, 3.63) is 83.1 Å². The van der Waals surface area contributed by atoms with Gasteiger partial charge in [0, 0.05) is 19.4 Å². The number of para-hydroxylation sites is 1. The first kappa shape index (κ1) is 20.6. The van der Waals surface area contributed by atoms with Crippen LogP contribution in [0, 0.1) is 0 Å². The van der Waals surface area contributed by atoms with Gasteiger partial charge in [-0.2, -0.15) is 4.98 Å². The maximum atomic E-state index is 13.1. The lowest BCUT2D eigenvalue weighted by Crippen LogP contribution is -2.15. The third-order valence-electron chi connectivity index (χ3n) is 4.94. The molecule has 0 saturated heterocycles. The summed E-state index contributed by atoms with van der Waals surface area (Å²) in [5, 5.41) is 3.91. The van der Waals surface area contributed by atoms with Crippen LogP contribution < -0.4 is 10.5 Å². The molecule has 3 heterocycles. The predicted octanol–water partition coefficient (Wildman–Crippen LogP) is 2.36. The Labute approximate surface area is 186 Å². The molecule has 3 aromatic heterocycles. The Morgan fingerprint density at radius 3 is 2.79 bits per heavy atom. The fraction of sp³-hybridized carbons (Fsp3) is 0.0952. The summed E-state index contributed by atoms with van der Waals surface area (Å²) in [6, 6.07) is 11.1. The van der Waals surface area contributed by atoms with Crippen molar-refractivity contribution in [2.45, 2.75) is 11.3 Å². The molecule has 166 valence electrons. The monoisotopic (exact) mass is 464 g/mol. The highest BCUT2D eigenvalue weighted by Gasteiger charge is 2.19. The summed E-state index contributed by atoms with van der Waals surface area (Å²) in [7, 11) is -2.45. The standard InChI is InChI=1S/C21H16N6O5S/c1-27-17-11-14(6-7-18(17)31-21(27)28)33(29,30)26-15-5-3-2-4-13(15)10-19-24-20(25-32-19)16-12-22-8-9-23-16/h2-9,11-12,26H,10H2,1H3. The molecule has 0 atom stereocenters. The maximum absolute atomic E-state index is 13.1. The second kappa shape index (κ2) is 7.98. The first-order chi connectivity index (χ1) is 15.9. The number of hydrogen-bond acceptors (Lipinski definition) is 9. The van der Waals surface area contributed by atoms with Crippen molar-refractivity contribution in [3.63, 3.8) is 0 Å². The van der Waals surface area contributed by atoms with E-state index in [9.17, 15) is 13.2 Å². The van der Waals surface area contributed by atoms with E-state index in [4.69, 9.17) is 8.94 Å². The normalized spacial score (nSPS) is 11.7. The number of sulfonamides is 1. The number of oxazole rings is 1. The SMILES string of the molecule is Cn1c(=O)oc2ccc(S(=O)(=O)Nc3ccccc3Cc3nc(-c4cnccn4)no3)cc21. The number of fused-ring (bicyclic) bond motifs is 1. The average molecular weight is 464 g/mol. The summed E-state index contributed by atoms with van der Waals surface area (Å²) in [4.78, 5) is 24.1. The quantitative estimate of drug-likeness (QED) is 0.400. The summed E-state index contributed by atoms with van der Waals surface area (Å²) in [5.74, 6) is 0.00516. The minimum Gasteiger partial charge on any atom is -0.408 e. The van der Waals surface area contributed by atoms with Gasteiger partial charge in [-0.25, -0.2) is 18.2 Å². The largest absolute Gasteiger partial charge is 0.419 e. The lowest BCUT2D eigenvalue weighted by atomic mass is 10.1. The Hall–Kier alpha value is -4.32. The summed E-state index contributed by atoms with van der Waals surface area (Å²) in [6.45, 7) is 0. The van der Waals surface area contributed by atoms with Crippen molar-refractivity contribution in [1.29, 1.82) is 0 Å². The molecule has 0 radical (unpaired) electrons. The number of nitrogens with one attached hydrogen (secondary N) is 1. The molecule has 1 N–H and O–H groups in total. The molecule has 0 aliphatic heterocycles. The highest BCUT2D eigenvalue weighted by atomic mass is 32.2. The number of rotatable bonds is 6. The summed E-state index contributed by atoms with van der Waals surface area (Å²) < 4.78 is 40.3. The molecule has 0 fully saturated rings. The molecule has 0 aliphatic carbocycles. The Morgan fingerprint density at radius 1 is 1.12 bits per heavy atom. The van der Waals surface area contributed by atoms with Crippen molar-refractivity contribution in [1.82, 2.24) is 24.7 Å². The first-order valence-corrected chi connectivity index (χ1v) is 11.2. The van der Waals surface area contributed by atoms with E-state index in [1.807, 2.05) is 0 Å². The lowest BCUT2D eigenvalue weighted by Gasteiger charge is -2.12. The summed E-state index contributed by atoms with van der Waals surface area (Å²) in [5.41, 5.74) is 2.13. The van der Waals surface area contributed by atoms with Gasteiger partial charge in [-0.05, 0) is 29.8 Å². The van der Waals surface area contributed by atoms with Gasteiger partial charge in [0.25, 0.3) is 10.0 Å². The van der Waals surface area contributed by atoms with Gasteiger partial charge in [-0.3, -0.25) is 14.3 Å². The van der Waals surface area contributed by atoms with Crippen molar-refractivity contribution in [2.24, 2.45) is 7.05 Å². The van der Waals surface area contributed by atoms with E-state index in [2.05, 4.69) is 24.8 Å². The molecule has 0 amide bonds. The molecule has 12 heteroatoms. The van der Waals surface area contributed by atoms with Crippen LogP contribution in [0.1, 0.15) is 11.5 Å². The topological polar surface area (TPSA) is 146 Å². The zero-order chi connectivity index (χ0) is 23.0. The van der Waals surface area contributed by atoms with Gasteiger partial charge in [-0.15, -0.1) is 0 Å². The zero-order valence-corrected chi connectivity index (χ0v) is 18.0. The van der Waals surface area contributed by atoms with Gasteiger partial charge in [0.05, 0.1) is 28.7 Å². The highest BCUT2D eigenvalue weighted by Crippen LogP contribution is 2.25. The molecule has 0 aliphatic rings.